The predicted molar refractivity (Wildman–Crippen MR) is 124 cm³/mol. The predicted octanol–water partition coefficient (Wildman–Crippen LogP) is 4.20. The Bertz CT molecular complexity index is 1470. The molecule has 36 heavy (non-hydrogen) atoms. The number of hydrogen-bond acceptors (Lipinski definition) is 6. The Hall–Kier alpha value is -4.48. The number of carbonyl (C=O) groups excluding carboxylic acids is 2. The Morgan fingerprint density at radius 2 is 1.83 bits per heavy atom. The van der Waals surface area contributed by atoms with Crippen molar-refractivity contribution in [3.8, 4) is 17.0 Å². The second-order valence-electron chi connectivity index (χ2n) is 7.96. The second-order valence-corrected chi connectivity index (χ2v) is 7.96. The number of halogens is 3. The highest BCUT2D eigenvalue weighted by Gasteiger charge is 2.31. The first kappa shape index (κ1) is 24.6. The zero-order chi connectivity index (χ0) is 26.0. The summed E-state index contributed by atoms with van der Waals surface area (Å²) in [5, 5.41) is 9.82. The van der Waals surface area contributed by atoms with E-state index in [4.69, 9.17) is 0 Å². The molecule has 0 atom stereocenters. The van der Waals surface area contributed by atoms with Gasteiger partial charge < -0.3 is 15.4 Å². The molecular weight excluding hydrogens is 477 g/mol. The molecule has 0 aliphatic carbocycles. The molecule has 4 aromatic rings. The van der Waals surface area contributed by atoms with Gasteiger partial charge in [0.05, 0.1) is 23.1 Å². The number of nitrogens with one attached hydrogen (secondary N) is 2. The number of anilines is 1. The number of fused-ring (bicyclic) bond motifs is 1. The van der Waals surface area contributed by atoms with Crippen LogP contribution in [0, 0.1) is 13.8 Å². The summed E-state index contributed by atoms with van der Waals surface area (Å²) in [5.41, 5.74) is 3.54. The summed E-state index contributed by atoms with van der Waals surface area (Å²) in [6.45, 7) is 4.85. The molecule has 2 amide bonds. The Labute approximate surface area is 203 Å². The first-order valence-corrected chi connectivity index (χ1v) is 10.7. The highest BCUT2D eigenvalue weighted by atomic mass is 19.4. The third-order valence-electron chi connectivity index (χ3n) is 5.13. The Kier molecular flexibility index (Phi) is 6.60. The third kappa shape index (κ3) is 5.77. The molecule has 0 bridgehead atoms. The van der Waals surface area contributed by atoms with Crippen molar-refractivity contribution < 1.29 is 27.5 Å². The van der Waals surface area contributed by atoms with Crippen LogP contribution in [0.1, 0.15) is 34.2 Å². The number of imidazole rings is 1. The fraction of sp³-hybridized carbons (Fsp3) is 0.208. The molecule has 1 aromatic carbocycles. The minimum atomic E-state index is -4.80. The molecule has 0 aliphatic heterocycles. The fourth-order valence-electron chi connectivity index (χ4n) is 3.61. The monoisotopic (exact) mass is 498 g/mol. The van der Waals surface area contributed by atoms with Gasteiger partial charge in [0.1, 0.15) is 5.75 Å². The second kappa shape index (κ2) is 9.64. The number of rotatable bonds is 6. The Morgan fingerprint density at radius 1 is 1.06 bits per heavy atom. The SMILES string of the molecule is CC(=O)Nc1cn2nc(-c3cc(C(=O)NCc4cccc(OC(F)(F)F)c4)c(C)nc3C)ccc2n1. The number of alkyl halides is 3. The van der Waals surface area contributed by atoms with Crippen LogP contribution in [0.5, 0.6) is 5.75 Å². The molecule has 3 aromatic heterocycles. The van der Waals surface area contributed by atoms with Crippen molar-refractivity contribution in [3.05, 3.63) is 71.2 Å². The van der Waals surface area contributed by atoms with Gasteiger partial charge in [0.2, 0.25) is 5.91 Å². The molecule has 0 radical (unpaired) electrons. The number of ether oxygens (including phenoxy) is 1. The van der Waals surface area contributed by atoms with Gasteiger partial charge in [-0.05, 0) is 49.7 Å². The molecule has 0 fully saturated rings. The number of pyridine rings is 1. The molecule has 3 heterocycles. The normalized spacial score (nSPS) is 11.4. The number of hydrogen-bond donors (Lipinski definition) is 2. The molecule has 0 saturated carbocycles. The maximum Gasteiger partial charge on any atom is 0.573 e. The third-order valence-corrected chi connectivity index (χ3v) is 5.13. The van der Waals surface area contributed by atoms with Crippen molar-refractivity contribution in [2.75, 3.05) is 5.32 Å². The number of benzene rings is 1. The number of nitrogens with zero attached hydrogens (tertiary/aromatic N) is 4. The minimum Gasteiger partial charge on any atom is -0.406 e. The zero-order valence-corrected chi connectivity index (χ0v) is 19.5. The lowest BCUT2D eigenvalue weighted by atomic mass is 10.0. The van der Waals surface area contributed by atoms with Gasteiger partial charge in [-0.1, -0.05) is 12.1 Å². The topological polar surface area (TPSA) is 111 Å². The van der Waals surface area contributed by atoms with Gasteiger partial charge in [0, 0.05) is 24.7 Å². The van der Waals surface area contributed by atoms with E-state index in [-0.39, 0.29) is 18.2 Å². The molecule has 0 saturated heterocycles. The summed E-state index contributed by atoms with van der Waals surface area (Å²) in [4.78, 5) is 33.0. The molecule has 2 N–H and O–H groups in total. The van der Waals surface area contributed by atoms with Crippen LogP contribution in [-0.4, -0.2) is 37.8 Å². The van der Waals surface area contributed by atoms with Crippen LogP contribution in [0.15, 0.2) is 48.7 Å². The van der Waals surface area contributed by atoms with Gasteiger partial charge in [0.15, 0.2) is 11.5 Å². The van der Waals surface area contributed by atoms with E-state index in [1.807, 2.05) is 0 Å². The van der Waals surface area contributed by atoms with Crippen molar-refractivity contribution in [2.24, 2.45) is 0 Å². The molecule has 0 unspecified atom stereocenters. The van der Waals surface area contributed by atoms with Gasteiger partial charge in [-0.25, -0.2) is 9.50 Å². The van der Waals surface area contributed by atoms with E-state index in [1.54, 1.807) is 44.3 Å². The first-order chi connectivity index (χ1) is 17.0. The zero-order valence-electron chi connectivity index (χ0n) is 19.5. The summed E-state index contributed by atoms with van der Waals surface area (Å²) in [7, 11) is 0. The quantitative estimate of drug-likeness (QED) is 0.412. The molecule has 9 nitrogen and oxygen atoms in total. The molecule has 186 valence electrons. The highest BCUT2D eigenvalue weighted by Crippen LogP contribution is 2.25. The van der Waals surface area contributed by atoms with Crippen LogP contribution in [-0.2, 0) is 11.3 Å². The van der Waals surface area contributed by atoms with E-state index in [9.17, 15) is 22.8 Å². The van der Waals surface area contributed by atoms with E-state index in [0.29, 0.717) is 45.2 Å². The molecule has 0 spiro atoms. The molecular formula is C24H21F3N6O3. The van der Waals surface area contributed by atoms with E-state index in [0.717, 1.165) is 0 Å². The van der Waals surface area contributed by atoms with Gasteiger partial charge in [-0.15, -0.1) is 13.2 Å². The smallest absolute Gasteiger partial charge is 0.406 e. The van der Waals surface area contributed by atoms with Crippen molar-refractivity contribution in [1.29, 1.82) is 0 Å². The summed E-state index contributed by atoms with van der Waals surface area (Å²) in [6.07, 6.45) is -3.23. The van der Waals surface area contributed by atoms with E-state index < -0.39 is 12.3 Å². The maximum absolute atomic E-state index is 12.9. The first-order valence-electron chi connectivity index (χ1n) is 10.7. The van der Waals surface area contributed by atoms with Crippen LogP contribution in [0.4, 0.5) is 19.0 Å². The van der Waals surface area contributed by atoms with Gasteiger partial charge in [-0.3, -0.25) is 14.6 Å². The minimum absolute atomic E-state index is 0.0122. The highest BCUT2D eigenvalue weighted by molar-refractivity contribution is 5.96. The van der Waals surface area contributed by atoms with Crippen LogP contribution in [0.25, 0.3) is 16.9 Å². The van der Waals surface area contributed by atoms with Crippen LogP contribution < -0.4 is 15.4 Å². The van der Waals surface area contributed by atoms with E-state index >= 15 is 0 Å². The number of amides is 2. The average Bonchev–Trinajstić information content (AvgIpc) is 3.17. The number of aromatic nitrogens is 4. The summed E-state index contributed by atoms with van der Waals surface area (Å²) < 4.78 is 42.9. The lowest BCUT2D eigenvalue weighted by Gasteiger charge is -2.13. The van der Waals surface area contributed by atoms with Crippen molar-refractivity contribution >= 4 is 23.3 Å². The maximum atomic E-state index is 12.9. The number of aryl methyl sites for hydroxylation is 2. The summed E-state index contributed by atoms with van der Waals surface area (Å²) >= 11 is 0. The van der Waals surface area contributed by atoms with Gasteiger partial charge >= 0.3 is 6.36 Å². The van der Waals surface area contributed by atoms with Crippen LogP contribution >= 0.6 is 0 Å². The Morgan fingerprint density at radius 3 is 2.56 bits per heavy atom. The van der Waals surface area contributed by atoms with E-state index in [2.05, 4.69) is 30.4 Å². The van der Waals surface area contributed by atoms with Crippen LogP contribution in [0.2, 0.25) is 0 Å². The Balaban J connectivity index is 1.56. The molecule has 4 rings (SSSR count). The lowest BCUT2D eigenvalue weighted by Crippen LogP contribution is -2.24. The van der Waals surface area contributed by atoms with Crippen molar-refractivity contribution in [3.63, 3.8) is 0 Å². The van der Waals surface area contributed by atoms with Crippen LogP contribution in [0.3, 0.4) is 0 Å². The lowest BCUT2D eigenvalue weighted by molar-refractivity contribution is -0.274. The van der Waals surface area contributed by atoms with Gasteiger partial charge in [-0.2, -0.15) is 5.10 Å². The summed E-state index contributed by atoms with van der Waals surface area (Å²) in [5.74, 6) is -0.712. The molecule has 12 heteroatoms. The van der Waals surface area contributed by atoms with Crippen molar-refractivity contribution in [2.45, 2.75) is 33.7 Å². The molecule has 0 aliphatic rings. The van der Waals surface area contributed by atoms with Crippen molar-refractivity contribution in [1.82, 2.24) is 24.9 Å². The summed E-state index contributed by atoms with van der Waals surface area (Å²) in [6, 6.07) is 10.5. The average molecular weight is 498 g/mol. The van der Waals surface area contributed by atoms with Gasteiger partial charge in [0.25, 0.3) is 5.91 Å². The number of carbonyl (C=O) groups is 2. The standard InChI is InChI=1S/C24H21F3N6O3/c1-13-18(20-7-8-22-31-21(30-15(3)34)12-33(22)32-20)10-19(14(2)29-13)23(35)28-11-16-5-4-6-17(9-16)36-24(25,26)27/h4-10,12H,11H2,1-3H3,(H,28,35)(H,30,34). The largest absolute Gasteiger partial charge is 0.573 e. The van der Waals surface area contributed by atoms with E-state index in [1.165, 1.54) is 29.6 Å². The fourth-order valence-corrected chi connectivity index (χ4v) is 3.61.